The summed E-state index contributed by atoms with van der Waals surface area (Å²) in [7, 11) is 0. The maximum atomic E-state index is 11.1. The largest absolute Gasteiger partial charge is 0.333 e. The SMILES string of the molecule is CCCC(=O)ON(C=O)C(=O)CCC. The highest BCUT2D eigenvalue weighted by atomic mass is 16.7. The average molecular weight is 201 g/mol. The van der Waals surface area contributed by atoms with Crippen molar-refractivity contribution < 1.29 is 19.2 Å². The first-order valence-electron chi connectivity index (χ1n) is 4.63. The van der Waals surface area contributed by atoms with Crippen LogP contribution in [0.3, 0.4) is 0 Å². The molecule has 0 aliphatic rings. The Kier molecular flexibility index (Phi) is 6.36. The van der Waals surface area contributed by atoms with Crippen LogP contribution in [0.25, 0.3) is 0 Å². The average Bonchev–Trinajstić information content (AvgIpc) is 2.15. The van der Waals surface area contributed by atoms with Gasteiger partial charge in [-0.2, -0.15) is 0 Å². The summed E-state index contributed by atoms with van der Waals surface area (Å²) in [6, 6.07) is 0. The summed E-state index contributed by atoms with van der Waals surface area (Å²) in [5, 5.41) is 0.460. The molecule has 5 nitrogen and oxygen atoms in total. The molecule has 0 aliphatic carbocycles. The summed E-state index contributed by atoms with van der Waals surface area (Å²) >= 11 is 0. The molecule has 0 heterocycles. The number of imide groups is 1. The monoisotopic (exact) mass is 201 g/mol. The number of carbonyl (C=O) groups is 3. The normalized spacial score (nSPS) is 9.29. The Morgan fingerprint density at radius 3 is 2.21 bits per heavy atom. The van der Waals surface area contributed by atoms with Gasteiger partial charge in [0, 0.05) is 12.8 Å². The molecule has 5 heteroatoms. The van der Waals surface area contributed by atoms with Gasteiger partial charge in [-0.1, -0.05) is 13.8 Å². The highest BCUT2D eigenvalue weighted by Crippen LogP contribution is 1.99. The summed E-state index contributed by atoms with van der Waals surface area (Å²) in [5.74, 6) is -1.06. The minimum Gasteiger partial charge on any atom is -0.331 e. The molecular weight excluding hydrogens is 186 g/mol. The van der Waals surface area contributed by atoms with Gasteiger partial charge < -0.3 is 4.84 Å². The van der Waals surface area contributed by atoms with Gasteiger partial charge in [0.15, 0.2) is 0 Å². The molecule has 0 saturated carbocycles. The van der Waals surface area contributed by atoms with Crippen LogP contribution >= 0.6 is 0 Å². The van der Waals surface area contributed by atoms with Crippen molar-refractivity contribution in [3.05, 3.63) is 0 Å². The summed E-state index contributed by atoms with van der Waals surface area (Å²) in [6.07, 6.45) is 1.83. The third kappa shape index (κ3) is 4.59. The molecule has 0 unspecified atom stereocenters. The summed E-state index contributed by atoms with van der Waals surface area (Å²) < 4.78 is 0. The Morgan fingerprint density at radius 2 is 1.79 bits per heavy atom. The third-order valence-corrected chi connectivity index (χ3v) is 1.46. The van der Waals surface area contributed by atoms with Gasteiger partial charge in [-0.3, -0.25) is 9.59 Å². The van der Waals surface area contributed by atoms with Crippen LogP contribution in [0.2, 0.25) is 0 Å². The Hall–Kier alpha value is -1.39. The molecule has 0 saturated heterocycles. The van der Waals surface area contributed by atoms with Crippen LogP contribution in [0, 0.1) is 0 Å². The number of hydrogen-bond acceptors (Lipinski definition) is 4. The lowest BCUT2D eigenvalue weighted by molar-refractivity contribution is -0.196. The number of amides is 2. The minimum atomic E-state index is -0.566. The number of nitrogens with zero attached hydrogens (tertiary/aromatic N) is 1. The van der Waals surface area contributed by atoms with Crippen molar-refractivity contribution in [2.45, 2.75) is 39.5 Å². The smallest absolute Gasteiger partial charge is 0.331 e. The molecule has 0 aromatic carbocycles. The van der Waals surface area contributed by atoms with Crippen molar-refractivity contribution in [2.24, 2.45) is 0 Å². The van der Waals surface area contributed by atoms with E-state index in [4.69, 9.17) is 0 Å². The van der Waals surface area contributed by atoms with Crippen LogP contribution in [0.5, 0.6) is 0 Å². The van der Waals surface area contributed by atoms with Gasteiger partial charge in [0.05, 0.1) is 0 Å². The third-order valence-electron chi connectivity index (χ3n) is 1.46. The maximum absolute atomic E-state index is 11.1. The highest BCUT2D eigenvalue weighted by Gasteiger charge is 2.16. The van der Waals surface area contributed by atoms with Crippen LogP contribution in [0.4, 0.5) is 0 Å². The zero-order valence-electron chi connectivity index (χ0n) is 8.49. The van der Waals surface area contributed by atoms with E-state index < -0.39 is 11.9 Å². The molecule has 14 heavy (non-hydrogen) atoms. The van der Waals surface area contributed by atoms with Crippen LogP contribution in [-0.4, -0.2) is 23.3 Å². The number of hydroxylamine groups is 2. The Balaban J connectivity index is 4.07. The van der Waals surface area contributed by atoms with E-state index in [1.807, 2.05) is 0 Å². The van der Waals surface area contributed by atoms with Gasteiger partial charge in [0.2, 0.25) is 0 Å². The van der Waals surface area contributed by atoms with Gasteiger partial charge in [-0.25, -0.2) is 4.79 Å². The topological polar surface area (TPSA) is 63.7 Å². The standard InChI is InChI=1S/C9H15NO4/c1-3-5-8(12)10(7-11)14-9(13)6-4-2/h7H,3-6H2,1-2H3. The number of carbonyl (C=O) groups excluding carboxylic acids is 3. The van der Waals surface area contributed by atoms with Crippen molar-refractivity contribution in [1.82, 2.24) is 5.06 Å². The molecule has 0 aromatic rings. The fraction of sp³-hybridized carbons (Fsp3) is 0.667. The molecule has 0 atom stereocenters. The van der Waals surface area contributed by atoms with Crippen molar-refractivity contribution in [1.29, 1.82) is 0 Å². The molecule has 0 fully saturated rings. The fourth-order valence-corrected chi connectivity index (χ4v) is 0.815. The lowest BCUT2D eigenvalue weighted by Crippen LogP contribution is -2.32. The molecule has 80 valence electrons. The molecule has 0 aliphatic heterocycles. The first kappa shape index (κ1) is 12.6. The Morgan fingerprint density at radius 1 is 1.21 bits per heavy atom. The summed E-state index contributed by atoms with van der Waals surface area (Å²) in [5.41, 5.74) is 0. The highest BCUT2D eigenvalue weighted by molar-refractivity contribution is 5.86. The second-order valence-corrected chi connectivity index (χ2v) is 2.79. The lowest BCUT2D eigenvalue weighted by Gasteiger charge is -2.13. The van der Waals surface area contributed by atoms with E-state index in [0.29, 0.717) is 17.9 Å². The molecule has 0 bridgehead atoms. The Labute approximate surface area is 83.0 Å². The van der Waals surface area contributed by atoms with E-state index in [1.54, 1.807) is 13.8 Å². The van der Waals surface area contributed by atoms with Crippen LogP contribution in [0.15, 0.2) is 0 Å². The van der Waals surface area contributed by atoms with E-state index in [9.17, 15) is 14.4 Å². The van der Waals surface area contributed by atoms with Gasteiger partial charge in [-0.05, 0) is 12.8 Å². The molecule has 0 radical (unpaired) electrons. The maximum Gasteiger partial charge on any atom is 0.333 e. The molecule has 0 rings (SSSR count). The fourth-order valence-electron chi connectivity index (χ4n) is 0.815. The lowest BCUT2D eigenvalue weighted by atomic mass is 10.3. The van der Waals surface area contributed by atoms with E-state index in [2.05, 4.69) is 4.84 Å². The van der Waals surface area contributed by atoms with Gasteiger partial charge in [0.1, 0.15) is 0 Å². The van der Waals surface area contributed by atoms with E-state index >= 15 is 0 Å². The van der Waals surface area contributed by atoms with Crippen molar-refractivity contribution in [2.75, 3.05) is 0 Å². The number of hydrogen-bond donors (Lipinski definition) is 0. The van der Waals surface area contributed by atoms with E-state index in [1.165, 1.54) is 0 Å². The van der Waals surface area contributed by atoms with Crippen LogP contribution < -0.4 is 0 Å². The molecule has 0 N–H and O–H groups in total. The van der Waals surface area contributed by atoms with E-state index in [0.717, 1.165) is 0 Å². The molecule has 2 amide bonds. The first-order chi connectivity index (χ1) is 6.65. The molecular formula is C9H15NO4. The predicted octanol–water partition coefficient (Wildman–Crippen LogP) is 1.03. The van der Waals surface area contributed by atoms with Crippen LogP contribution in [0.1, 0.15) is 39.5 Å². The second-order valence-electron chi connectivity index (χ2n) is 2.79. The van der Waals surface area contributed by atoms with E-state index in [-0.39, 0.29) is 19.3 Å². The van der Waals surface area contributed by atoms with Crippen LogP contribution in [-0.2, 0) is 19.2 Å². The first-order valence-corrected chi connectivity index (χ1v) is 4.63. The second kappa shape index (κ2) is 7.06. The van der Waals surface area contributed by atoms with Gasteiger partial charge in [-0.15, -0.1) is 5.06 Å². The Bertz CT molecular complexity index is 215. The predicted molar refractivity (Wildman–Crippen MR) is 48.8 cm³/mol. The summed E-state index contributed by atoms with van der Waals surface area (Å²) in [4.78, 5) is 37.0. The van der Waals surface area contributed by atoms with Crippen molar-refractivity contribution >= 4 is 18.3 Å². The molecule has 0 spiro atoms. The zero-order valence-corrected chi connectivity index (χ0v) is 8.49. The summed E-state index contributed by atoms with van der Waals surface area (Å²) in [6.45, 7) is 3.61. The minimum absolute atomic E-state index is 0.193. The zero-order chi connectivity index (χ0) is 11.0. The van der Waals surface area contributed by atoms with Crippen molar-refractivity contribution in [3.8, 4) is 0 Å². The van der Waals surface area contributed by atoms with Gasteiger partial charge >= 0.3 is 5.97 Å². The quantitative estimate of drug-likeness (QED) is 0.492. The molecule has 0 aromatic heterocycles. The van der Waals surface area contributed by atoms with Gasteiger partial charge in [0.25, 0.3) is 12.3 Å². The number of rotatable bonds is 5. The van der Waals surface area contributed by atoms with Crippen molar-refractivity contribution in [3.63, 3.8) is 0 Å².